The van der Waals surface area contributed by atoms with E-state index >= 15 is 0 Å². The van der Waals surface area contributed by atoms with Crippen molar-refractivity contribution in [3.63, 3.8) is 0 Å². The van der Waals surface area contributed by atoms with Crippen LogP contribution >= 0.6 is 0 Å². The van der Waals surface area contributed by atoms with Crippen LogP contribution in [0.5, 0.6) is 5.75 Å². The van der Waals surface area contributed by atoms with Crippen molar-refractivity contribution in [1.29, 1.82) is 0 Å². The van der Waals surface area contributed by atoms with Crippen molar-refractivity contribution in [3.8, 4) is 5.75 Å². The van der Waals surface area contributed by atoms with Gasteiger partial charge in [-0.1, -0.05) is 6.42 Å². The quantitative estimate of drug-likeness (QED) is 0.800. The monoisotopic (exact) mass is 302 g/mol. The van der Waals surface area contributed by atoms with E-state index < -0.39 is 0 Å². The third-order valence-electron chi connectivity index (χ3n) is 4.36. The Morgan fingerprint density at radius 1 is 1.09 bits per heavy atom. The molecule has 0 bridgehead atoms. The van der Waals surface area contributed by atoms with E-state index in [1.54, 1.807) is 24.3 Å². The van der Waals surface area contributed by atoms with Gasteiger partial charge in [0.1, 0.15) is 5.75 Å². The van der Waals surface area contributed by atoms with Crippen LogP contribution in [0.2, 0.25) is 0 Å². The minimum Gasteiger partial charge on any atom is -0.494 e. The fraction of sp³-hybridized carbons (Fsp3) is 0.529. The SMILES string of the molecule is CCOc1ccc(N2C(=O)C[C@@H](N3CCCCC3)C2=O)cc1. The zero-order valence-corrected chi connectivity index (χ0v) is 13.0. The summed E-state index contributed by atoms with van der Waals surface area (Å²) in [6.45, 7) is 4.35. The molecular formula is C17H22N2O3. The molecule has 5 heteroatoms. The van der Waals surface area contributed by atoms with E-state index in [0.717, 1.165) is 31.7 Å². The Hall–Kier alpha value is -1.88. The van der Waals surface area contributed by atoms with Crippen molar-refractivity contribution in [3.05, 3.63) is 24.3 Å². The van der Waals surface area contributed by atoms with Gasteiger partial charge in [-0.2, -0.15) is 0 Å². The number of anilines is 1. The molecule has 5 nitrogen and oxygen atoms in total. The zero-order chi connectivity index (χ0) is 15.5. The van der Waals surface area contributed by atoms with Crippen LogP contribution in [0.3, 0.4) is 0 Å². The number of rotatable bonds is 4. The summed E-state index contributed by atoms with van der Waals surface area (Å²) in [5.74, 6) is 0.554. The summed E-state index contributed by atoms with van der Waals surface area (Å²) in [6.07, 6.45) is 3.74. The number of piperidine rings is 1. The summed E-state index contributed by atoms with van der Waals surface area (Å²) < 4.78 is 5.40. The molecule has 0 aromatic heterocycles. The number of amides is 2. The van der Waals surface area contributed by atoms with Crippen LogP contribution < -0.4 is 9.64 Å². The fourth-order valence-corrected chi connectivity index (χ4v) is 3.26. The van der Waals surface area contributed by atoms with Gasteiger partial charge in [-0.25, -0.2) is 4.90 Å². The molecule has 0 radical (unpaired) electrons. The van der Waals surface area contributed by atoms with E-state index in [2.05, 4.69) is 4.90 Å². The maximum absolute atomic E-state index is 12.7. The molecule has 2 amide bonds. The lowest BCUT2D eigenvalue weighted by Crippen LogP contribution is -2.44. The number of carbonyl (C=O) groups excluding carboxylic acids is 2. The van der Waals surface area contributed by atoms with Crippen LogP contribution in [0, 0.1) is 0 Å². The summed E-state index contributed by atoms with van der Waals surface area (Å²) in [7, 11) is 0. The van der Waals surface area contributed by atoms with E-state index in [9.17, 15) is 9.59 Å². The van der Waals surface area contributed by atoms with Crippen molar-refractivity contribution in [1.82, 2.24) is 4.90 Å². The van der Waals surface area contributed by atoms with Crippen molar-refractivity contribution >= 4 is 17.5 Å². The molecule has 0 unspecified atom stereocenters. The summed E-state index contributed by atoms with van der Waals surface area (Å²) in [5.41, 5.74) is 0.637. The molecular weight excluding hydrogens is 280 g/mol. The van der Waals surface area contributed by atoms with Gasteiger partial charge < -0.3 is 4.74 Å². The highest BCUT2D eigenvalue weighted by atomic mass is 16.5. The average Bonchev–Trinajstić information content (AvgIpc) is 2.84. The molecule has 2 aliphatic rings. The standard InChI is InChI=1S/C17H22N2O3/c1-2-22-14-8-6-13(7-9-14)19-16(20)12-15(17(19)21)18-10-4-3-5-11-18/h6-9,15H,2-5,10-12H2,1H3/t15-/m1/s1. The van der Waals surface area contributed by atoms with Crippen molar-refractivity contribution in [2.75, 3.05) is 24.6 Å². The highest BCUT2D eigenvalue weighted by Gasteiger charge is 2.42. The lowest BCUT2D eigenvalue weighted by molar-refractivity contribution is -0.123. The fourth-order valence-electron chi connectivity index (χ4n) is 3.26. The van der Waals surface area contributed by atoms with Gasteiger partial charge in [-0.3, -0.25) is 14.5 Å². The van der Waals surface area contributed by atoms with Crippen LogP contribution in [-0.4, -0.2) is 42.5 Å². The second kappa shape index (κ2) is 6.48. The molecule has 0 aliphatic carbocycles. The van der Waals surface area contributed by atoms with Gasteiger partial charge in [0.25, 0.3) is 5.91 Å². The number of hydrogen-bond acceptors (Lipinski definition) is 4. The smallest absolute Gasteiger partial charge is 0.251 e. The second-order valence-electron chi connectivity index (χ2n) is 5.81. The number of nitrogens with zero attached hydrogens (tertiary/aromatic N) is 2. The lowest BCUT2D eigenvalue weighted by Gasteiger charge is -2.30. The first-order chi connectivity index (χ1) is 10.7. The Kier molecular flexibility index (Phi) is 4.43. The molecule has 1 atom stereocenters. The third kappa shape index (κ3) is 2.86. The van der Waals surface area contributed by atoms with E-state index in [-0.39, 0.29) is 17.9 Å². The Bertz CT molecular complexity index is 550. The first kappa shape index (κ1) is 15.0. The van der Waals surface area contributed by atoms with Gasteiger partial charge in [0, 0.05) is 0 Å². The van der Waals surface area contributed by atoms with Crippen LogP contribution in [-0.2, 0) is 9.59 Å². The maximum Gasteiger partial charge on any atom is 0.251 e. The van der Waals surface area contributed by atoms with Crippen LogP contribution in [0.15, 0.2) is 24.3 Å². The average molecular weight is 302 g/mol. The number of hydrogen-bond donors (Lipinski definition) is 0. The Labute approximate surface area is 130 Å². The summed E-state index contributed by atoms with van der Waals surface area (Å²) in [6, 6.07) is 6.87. The molecule has 2 saturated heterocycles. The molecule has 1 aromatic carbocycles. The Morgan fingerprint density at radius 3 is 2.41 bits per heavy atom. The minimum absolute atomic E-state index is 0.0870. The number of carbonyl (C=O) groups is 2. The van der Waals surface area contributed by atoms with Gasteiger partial charge in [0.15, 0.2) is 0 Å². The molecule has 3 rings (SSSR count). The normalized spacial score (nSPS) is 23.1. The first-order valence-electron chi connectivity index (χ1n) is 8.04. The Balaban J connectivity index is 1.76. The van der Waals surface area contributed by atoms with Gasteiger partial charge >= 0.3 is 0 Å². The maximum atomic E-state index is 12.7. The van der Waals surface area contributed by atoms with E-state index in [1.165, 1.54) is 11.3 Å². The largest absolute Gasteiger partial charge is 0.494 e. The number of likely N-dealkylation sites (tertiary alicyclic amines) is 1. The second-order valence-corrected chi connectivity index (χ2v) is 5.81. The predicted octanol–water partition coefficient (Wildman–Crippen LogP) is 2.20. The Morgan fingerprint density at radius 2 is 1.77 bits per heavy atom. The minimum atomic E-state index is -0.278. The molecule has 0 spiro atoms. The van der Waals surface area contributed by atoms with Gasteiger partial charge in [0.05, 0.1) is 24.8 Å². The lowest BCUT2D eigenvalue weighted by atomic mass is 10.1. The molecule has 0 saturated carbocycles. The molecule has 118 valence electrons. The molecule has 0 N–H and O–H groups in total. The third-order valence-corrected chi connectivity index (χ3v) is 4.36. The number of ether oxygens (including phenoxy) is 1. The van der Waals surface area contributed by atoms with Crippen LogP contribution in [0.25, 0.3) is 0 Å². The highest BCUT2D eigenvalue weighted by molar-refractivity contribution is 6.22. The molecule has 2 aliphatic heterocycles. The summed E-state index contributed by atoms with van der Waals surface area (Å²) in [4.78, 5) is 28.4. The van der Waals surface area contributed by atoms with Gasteiger partial charge in [-0.05, 0) is 57.1 Å². The zero-order valence-electron chi connectivity index (χ0n) is 13.0. The van der Waals surface area contributed by atoms with E-state index in [4.69, 9.17) is 4.74 Å². The van der Waals surface area contributed by atoms with Crippen LogP contribution in [0.4, 0.5) is 5.69 Å². The van der Waals surface area contributed by atoms with Gasteiger partial charge in [-0.15, -0.1) is 0 Å². The van der Waals surface area contributed by atoms with Crippen LogP contribution in [0.1, 0.15) is 32.6 Å². The van der Waals surface area contributed by atoms with E-state index in [0.29, 0.717) is 18.7 Å². The molecule has 2 fully saturated rings. The topological polar surface area (TPSA) is 49.9 Å². The van der Waals surface area contributed by atoms with E-state index in [1.807, 2.05) is 6.92 Å². The number of benzene rings is 1. The summed E-state index contributed by atoms with van der Waals surface area (Å²) >= 11 is 0. The highest BCUT2D eigenvalue weighted by Crippen LogP contribution is 2.28. The van der Waals surface area contributed by atoms with Gasteiger partial charge in [0.2, 0.25) is 5.91 Å². The molecule has 2 heterocycles. The summed E-state index contributed by atoms with van der Waals surface area (Å²) in [5, 5.41) is 0. The molecule has 1 aromatic rings. The van der Waals surface area contributed by atoms with Crippen molar-refractivity contribution < 1.29 is 14.3 Å². The predicted molar refractivity (Wildman–Crippen MR) is 83.9 cm³/mol. The van der Waals surface area contributed by atoms with Crippen molar-refractivity contribution in [2.45, 2.75) is 38.6 Å². The first-order valence-corrected chi connectivity index (χ1v) is 8.04. The van der Waals surface area contributed by atoms with Crippen molar-refractivity contribution in [2.24, 2.45) is 0 Å². The molecule has 22 heavy (non-hydrogen) atoms. The number of imide groups is 1.